The molecule has 2 aliphatic carbocycles. The van der Waals surface area contributed by atoms with Gasteiger partial charge in [0.05, 0.1) is 12.8 Å². The van der Waals surface area contributed by atoms with Crippen molar-refractivity contribution >= 4 is 0 Å². The van der Waals surface area contributed by atoms with Crippen LogP contribution in [-0.4, -0.2) is 24.5 Å². The fraction of sp³-hybridized carbons (Fsp3) is 0.714. The average Bonchev–Trinajstić information content (AvgIpc) is 3.21. The molecule has 0 saturated heterocycles. The zero-order valence-corrected chi connectivity index (χ0v) is 10.6. The van der Waals surface area contributed by atoms with Gasteiger partial charge in [0.15, 0.2) is 0 Å². The molecule has 0 radical (unpaired) electrons. The second kappa shape index (κ2) is 4.83. The molecule has 1 aromatic heterocycles. The Bertz CT molecular complexity index is 366. The standard InChI is InChI=1S/C14H22N2O/c1-15-8-12-6-7-17-14(12)10-16(13-4-5-13)9-11-2-3-11/h6-7,11,13,15H,2-5,8-10H2,1H3. The van der Waals surface area contributed by atoms with Crippen LogP contribution in [0.1, 0.15) is 37.0 Å². The highest BCUT2D eigenvalue weighted by Crippen LogP contribution is 2.35. The summed E-state index contributed by atoms with van der Waals surface area (Å²) in [4.78, 5) is 2.63. The third-order valence-electron chi connectivity index (χ3n) is 3.80. The van der Waals surface area contributed by atoms with Gasteiger partial charge in [0, 0.05) is 24.7 Å². The molecule has 3 nitrogen and oxygen atoms in total. The SMILES string of the molecule is CNCc1ccoc1CN(CC1CC1)C1CC1. The predicted molar refractivity (Wildman–Crippen MR) is 67.6 cm³/mol. The summed E-state index contributed by atoms with van der Waals surface area (Å²) in [5, 5.41) is 3.20. The number of hydrogen-bond donors (Lipinski definition) is 1. The second-order valence-corrected chi connectivity index (χ2v) is 5.50. The molecule has 0 aliphatic heterocycles. The molecule has 0 spiro atoms. The minimum atomic E-state index is 0.836. The van der Waals surface area contributed by atoms with Gasteiger partial charge in [-0.25, -0.2) is 0 Å². The largest absolute Gasteiger partial charge is 0.468 e. The summed E-state index contributed by atoms with van der Waals surface area (Å²) in [6.07, 6.45) is 7.46. The van der Waals surface area contributed by atoms with Gasteiger partial charge >= 0.3 is 0 Å². The van der Waals surface area contributed by atoms with Crippen LogP contribution in [0.25, 0.3) is 0 Å². The third kappa shape index (κ3) is 2.90. The Kier molecular flexibility index (Phi) is 3.21. The molecule has 1 N–H and O–H groups in total. The van der Waals surface area contributed by atoms with Gasteiger partial charge in [-0.1, -0.05) is 0 Å². The minimum Gasteiger partial charge on any atom is -0.468 e. The summed E-state index contributed by atoms with van der Waals surface area (Å²) < 4.78 is 5.65. The molecule has 2 fully saturated rings. The zero-order valence-electron chi connectivity index (χ0n) is 10.6. The lowest BCUT2D eigenvalue weighted by molar-refractivity contribution is 0.223. The van der Waals surface area contributed by atoms with Crippen LogP contribution >= 0.6 is 0 Å². The summed E-state index contributed by atoms with van der Waals surface area (Å²) in [5.41, 5.74) is 1.31. The first-order valence-electron chi connectivity index (χ1n) is 6.80. The molecular formula is C14H22N2O. The molecule has 2 aliphatic rings. The molecule has 0 unspecified atom stereocenters. The average molecular weight is 234 g/mol. The smallest absolute Gasteiger partial charge is 0.122 e. The topological polar surface area (TPSA) is 28.4 Å². The Morgan fingerprint density at radius 2 is 2.18 bits per heavy atom. The summed E-state index contributed by atoms with van der Waals surface area (Å²) >= 11 is 0. The first-order chi connectivity index (χ1) is 8.36. The fourth-order valence-corrected chi connectivity index (χ4v) is 2.45. The lowest BCUT2D eigenvalue weighted by Gasteiger charge is -2.21. The van der Waals surface area contributed by atoms with Crippen molar-refractivity contribution in [1.82, 2.24) is 10.2 Å². The van der Waals surface area contributed by atoms with Crippen molar-refractivity contribution in [3.63, 3.8) is 0 Å². The van der Waals surface area contributed by atoms with Crippen LogP contribution in [-0.2, 0) is 13.1 Å². The quantitative estimate of drug-likeness (QED) is 0.785. The van der Waals surface area contributed by atoms with Crippen molar-refractivity contribution in [3.8, 4) is 0 Å². The number of hydrogen-bond acceptors (Lipinski definition) is 3. The van der Waals surface area contributed by atoms with E-state index in [-0.39, 0.29) is 0 Å². The van der Waals surface area contributed by atoms with E-state index in [1.807, 2.05) is 13.3 Å². The van der Waals surface area contributed by atoms with Crippen LogP contribution in [0.3, 0.4) is 0 Å². The molecule has 0 amide bonds. The Morgan fingerprint density at radius 1 is 1.35 bits per heavy atom. The summed E-state index contributed by atoms with van der Waals surface area (Å²) in [7, 11) is 1.99. The Labute approximate surface area is 103 Å². The number of rotatable bonds is 7. The van der Waals surface area contributed by atoms with E-state index in [9.17, 15) is 0 Å². The maximum atomic E-state index is 5.65. The highest BCUT2D eigenvalue weighted by Gasteiger charge is 2.34. The van der Waals surface area contributed by atoms with E-state index in [1.165, 1.54) is 37.8 Å². The first kappa shape index (κ1) is 11.3. The number of furan rings is 1. The van der Waals surface area contributed by atoms with Crippen LogP contribution in [0.2, 0.25) is 0 Å². The minimum absolute atomic E-state index is 0.836. The van der Waals surface area contributed by atoms with Gasteiger partial charge in [-0.15, -0.1) is 0 Å². The van der Waals surface area contributed by atoms with Crippen molar-refractivity contribution < 1.29 is 4.42 Å². The van der Waals surface area contributed by atoms with Gasteiger partial charge in [-0.2, -0.15) is 0 Å². The molecule has 0 atom stereocenters. The van der Waals surface area contributed by atoms with Crippen LogP contribution in [0.4, 0.5) is 0 Å². The van der Waals surface area contributed by atoms with Crippen molar-refractivity contribution in [1.29, 1.82) is 0 Å². The van der Waals surface area contributed by atoms with Crippen molar-refractivity contribution in [3.05, 3.63) is 23.7 Å². The van der Waals surface area contributed by atoms with Gasteiger partial charge in [0.25, 0.3) is 0 Å². The van der Waals surface area contributed by atoms with Crippen LogP contribution in [0.15, 0.2) is 16.7 Å². The van der Waals surface area contributed by atoms with Crippen molar-refractivity contribution in [2.24, 2.45) is 5.92 Å². The summed E-state index contributed by atoms with van der Waals surface area (Å²) in [6, 6.07) is 2.93. The van der Waals surface area contributed by atoms with Gasteiger partial charge in [-0.3, -0.25) is 4.90 Å². The number of nitrogens with zero attached hydrogens (tertiary/aromatic N) is 1. The fourth-order valence-electron chi connectivity index (χ4n) is 2.45. The molecule has 0 bridgehead atoms. The molecule has 3 rings (SSSR count). The lowest BCUT2D eigenvalue weighted by Crippen LogP contribution is -2.28. The maximum absolute atomic E-state index is 5.65. The first-order valence-corrected chi connectivity index (χ1v) is 6.80. The van der Waals surface area contributed by atoms with E-state index in [0.717, 1.165) is 30.8 Å². The Morgan fingerprint density at radius 3 is 2.82 bits per heavy atom. The lowest BCUT2D eigenvalue weighted by atomic mass is 10.2. The van der Waals surface area contributed by atoms with Crippen LogP contribution in [0.5, 0.6) is 0 Å². The molecular weight excluding hydrogens is 212 g/mol. The number of nitrogens with one attached hydrogen (secondary N) is 1. The molecule has 94 valence electrons. The van der Waals surface area contributed by atoms with E-state index in [0.29, 0.717) is 0 Å². The predicted octanol–water partition coefficient (Wildman–Crippen LogP) is 2.37. The van der Waals surface area contributed by atoms with Crippen LogP contribution < -0.4 is 5.32 Å². The molecule has 0 aromatic carbocycles. The second-order valence-electron chi connectivity index (χ2n) is 5.50. The molecule has 2 saturated carbocycles. The monoisotopic (exact) mass is 234 g/mol. The molecule has 17 heavy (non-hydrogen) atoms. The van der Waals surface area contributed by atoms with Gasteiger partial charge in [0.2, 0.25) is 0 Å². The van der Waals surface area contributed by atoms with E-state index >= 15 is 0 Å². The summed E-state index contributed by atoms with van der Waals surface area (Å²) in [6.45, 7) is 3.20. The molecule has 1 heterocycles. The van der Waals surface area contributed by atoms with E-state index in [2.05, 4.69) is 16.3 Å². The van der Waals surface area contributed by atoms with Gasteiger partial charge in [-0.05, 0) is 44.7 Å². The zero-order chi connectivity index (χ0) is 11.7. The van der Waals surface area contributed by atoms with E-state index < -0.39 is 0 Å². The third-order valence-corrected chi connectivity index (χ3v) is 3.80. The Hall–Kier alpha value is -0.800. The summed E-state index contributed by atoms with van der Waals surface area (Å²) in [5.74, 6) is 2.13. The normalized spacial score (nSPS) is 20.1. The Balaban J connectivity index is 1.63. The molecule has 1 aromatic rings. The highest BCUT2D eigenvalue weighted by atomic mass is 16.3. The van der Waals surface area contributed by atoms with E-state index in [1.54, 1.807) is 0 Å². The van der Waals surface area contributed by atoms with Crippen molar-refractivity contribution in [2.75, 3.05) is 13.6 Å². The van der Waals surface area contributed by atoms with E-state index in [4.69, 9.17) is 4.42 Å². The van der Waals surface area contributed by atoms with Crippen LogP contribution in [0, 0.1) is 5.92 Å². The van der Waals surface area contributed by atoms with Gasteiger partial charge < -0.3 is 9.73 Å². The van der Waals surface area contributed by atoms with Gasteiger partial charge in [0.1, 0.15) is 5.76 Å². The van der Waals surface area contributed by atoms with Crippen molar-refractivity contribution in [2.45, 2.75) is 44.8 Å². The molecule has 3 heteroatoms. The highest BCUT2D eigenvalue weighted by molar-refractivity contribution is 5.17. The maximum Gasteiger partial charge on any atom is 0.122 e.